The van der Waals surface area contributed by atoms with Crippen LogP contribution >= 0.6 is 0 Å². The Morgan fingerprint density at radius 1 is 1.50 bits per heavy atom. The molecule has 0 N–H and O–H groups in total. The summed E-state index contributed by atoms with van der Waals surface area (Å²) in [6.07, 6.45) is 3.84. The third-order valence-corrected chi connectivity index (χ3v) is 2.24. The predicted molar refractivity (Wildman–Crippen MR) is 46.5 cm³/mol. The lowest BCUT2D eigenvalue weighted by Gasteiger charge is -2.21. The molecule has 2 heteroatoms. The SMILES string of the molecule is [CH2]C1(c2ccccn2)CCCO1. The Labute approximate surface area is 72.6 Å². The molecule has 1 fully saturated rings. The molecule has 1 saturated heterocycles. The number of nitrogens with zero attached hydrogens (tertiary/aromatic N) is 1. The fraction of sp³-hybridized carbons (Fsp3) is 0.400. The smallest absolute Gasteiger partial charge is 0.110 e. The van der Waals surface area contributed by atoms with Gasteiger partial charge in [-0.25, -0.2) is 0 Å². The Balaban J connectivity index is 2.29. The van der Waals surface area contributed by atoms with Crippen LogP contribution in [0.25, 0.3) is 0 Å². The van der Waals surface area contributed by atoms with E-state index in [0.29, 0.717) is 0 Å². The molecule has 2 heterocycles. The highest BCUT2D eigenvalue weighted by atomic mass is 16.5. The van der Waals surface area contributed by atoms with Crippen LogP contribution in [-0.4, -0.2) is 11.6 Å². The second-order valence-electron chi connectivity index (χ2n) is 3.16. The van der Waals surface area contributed by atoms with Gasteiger partial charge in [-0.05, 0) is 31.9 Å². The predicted octanol–water partition coefficient (Wildman–Crippen LogP) is 1.92. The molecular formula is C10H12NO. The normalized spacial score (nSPS) is 29.1. The molecular weight excluding hydrogens is 150 g/mol. The quantitative estimate of drug-likeness (QED) is 0.629. The first-order chi connectivity index (χ1) is 5.81. The Kier molecular flexibility index (Phi) is 1.85. The van der Waals surface area contributed by atoms with Gasteiger partial charge in [0.2, 0.25) is 0 Å². The minimum absolute atomic E-state index is 0.374. The molecule has 1 aliphatic heterocycles. The lowest BCUT2D eigenvalue weighted by atomic mass is 9.98. The highest BCUT2D eigenvalue weighted by molar-refractivity contribution is 5.15. The molecule has 1 atom stereocenters. The zero-order chi connectivity index (χ0) is 8.44. The minimum atomic E-state index is -0.374. The molecule has 1 aromatic heterocycles. The molecule has 1 aliphatic rings. The number of pyridine rings is 1. The van der Waals surface area contributed by atoms with E-state index < -0.39 is 0 Å². The molecule has 2 rings (SSSR count). The van der Waals surface area contributed by atoms with Crippen LogP contribution in [0.1, 0.15) is 18.5 Å². The number of hydrogen-bond acceptors (Lipinski definition) is 2. The summed E-state index contributed by atoms with van der Waals surface area (Å²) < 4.78 is 5.55. The lowest BCUT2D eigenvalue weighted by molar-refractivity contribution is 0.0366. The first-order valence-electron chi connectivity index (χ1n) is 4.22. The van der Waals surface area contributed by atoms with Crippen molar-refractivity contribution in [2.24, 2.45) is 0 Å². The molecule has 2 nitrogen and oxygen atoms in total. The summed E-state index contributed by atoms with van der Waals surface area (Å²) in [7, 11) is 0. The summed E-state index contributed by atoms with van der Waals surface area (Å²) in [6, 6.07) is 5.84. The molecule has 0 bridgehead atoms. The molecule has 0 saturated carbocycles. The van der Waals surface area contributed by atoms with Crippen LogP contribution in [0.4, 0.5) is 0 Å². The van der Waals surface area contributed by atoms with Crippen LogP contribution in [0.3, 0.4) is 0 Å². The lowest BCUT2D eigenvalue weighted by Crippen LogP contribution is -2.21. The van der Waals surface area contributed by atoms with Crippen molar-refractivity contribution < 1.29 is 4.74 Å². The van der Waals surface area contributed by atoms with Gasteiger partial charge in [0.05, 0.1) is 5.69 Å². The molecule has 0 aromatic carbocycles. The first-order valence-corrected chi connectivity index (χ1v) is 4.22. The molecule has 0 spiro atoms. The fourth-order valence-electron chi connectivity index (χ4n) is 1.53. The average molecular weight is 162 g/mol. The van der Waals surface area contributed by atoms with E-state index in [0.717, 1.165) is 25.1 Å². The molecule has 63 valence electrons. The fourth-order valence-corrected chi connectivity index (χ4v) is 1.53. The van der Waals surface area contributed by atoms with E-state index in [4.69, 9.17) is 4.74 Å². The van der Waals surface area contributed by atoms with Crippen LogP contribution in [-0.2, 0) is 10.3 Å². The second kappa shape index (κ2) is 2.87. The van der Waals surface area contributed by atoms with Gasteiger partial charge in [0.1, 0.15) is 5.60 Å². The minimum Gasteiger partial charge on any atom is -0.369 e. The summed E-state index contributed by atoms with van der Waals surface area (Å²) >= 11 is 0. The maximum atomic E-state index is 5.55. The van der Waals surface area contributed by atoms with Crippen molar-refractivity contribution in [3.8, 4) is 0 Å². The van der Waals surface area contributed by atoms with E-state index in [1.807, 2.05) is 18.2 Å². The highest BCUT2D eigenvalue weighted by Gasteiger charge is 2.32. The first kappa shape index (κ1) is 7.74. The Morgan fingerprint density at radius 3 is 3.00 bits per heavy atom. The summed E-state index contributed by atoms with van der Waals surface area (Å²) in [4.78, 5) is 4.24. The van der Waals surface area contributed by atoms with Crippen LogP contribution in [0, 0.1) is 6.92 Å². The van der Waals surface area contributed by atoms with E-state index in [1.54, 1.807) is 6.20 Å². The Bertz CT molecular complexity index is 252. The summed E-state index contributed by atoms with van der Waals surface area (Å²) in [5.41, 5.74) is 0.573. The third-order valence-electron chi connectivity index (χ3n) is 2.24. The van der Waals surface area contributed by atoms with Gasteiger partial charge in [-0.15, -0.1) is 0 Å². The van der Waals surface area contributed by atoms with Gasteiger partial charge in [-0.2, -0.15) is 0 Å². The molecule has 12 heavy (non-hydrogen) atoms. The standard InChI is InChI=1S/C10H12NO/c1-10(6-4-8-12-10)9-5-2-3-7-11-9/h2-3,5,7H,1,4,6,8H2. The summed E-state index contributed by atoms with van der Waals surface area (Å²) in [5.74, 6) is 0. The van der Waals surface area contributed by atoms with Crippen molar-refractivity contribution in [2.45, 2.75) is 18.4 Å². The van der Waals surface area contributed by atoms with Crippen molar-refractivity contribution in [1.29, 1.82) is 0 Å². The van der Waals surface area contributed by atoms with E-state index in [9.17, 15) is 0 Å². The molecule has 1 aromatic rings. The van der Waals surface area contributed by atoms with Gasteiger partial charge in [-0.3, -0.25) is 4.98 Å². The number of hydrogen-bond donors (Lipinski definition) is 0. The zero-order valence-electron chi connectivity index (χ0n) is 6.99. The van der Waals surface area contributed by atoms with Gasteiger partial charge in [-0.1, -0.05) is 6.07 Å². The van der Waals surface area contributed by atoms with Crippen molar-refractivity contribution in [3.63, 3.8) is 0 Å². The van der Waals surface area contributed by atoms with Gasteiger partial charge >= 0.3 is 0 Å². The van der Waals surface area contributed by atoms with Gasteiger partial charge in [0.25, 0.3) is 0 Å². The largest absolute Gasteiger partial charge is 0.369 e. The van der Waals surface area contributed by atoms with E-state index >= 15 is 0 Å². The molecule has 0 aliphatic carbocycles. The van der Waals surface area contributed by atoms with Crippen molar-refractivity contribution >= 4 is 0 Å². The molecule has 1 unspecified atom stereocenters. The zero-order valence-corrected chi connectivity index (χ0v) is 6.99. The average Bonchev–Trinajstić information content (AvgIpc) is 2.55. The Hall–Kier alpha value is -0.890. The van der Waals surface area contributed by atoms with Crippen molar-refractivity contribution in [3.05, 3.63) is 37.0 Å². The van der Waals surface area contributed by atoms with Gasteiger partial charge < -0.3 is 4.74 Å². The molecule has 1 radical (unpaired) electrons. The topological polar surface area (TPSA) is 22.1 Å². The number of aromatic nitrogens is 1. The van der Waals surface area contributed by atoms with Gasteiger partial charge in [0, 0.05) is 12.8 Å². The van der Waals surface area contributed by atoms with Crippen molar-refractivity contribution in [1.82, 2.24) is 4.98 Å². The van der Waals surface area contributed by atoms with Crippen LogP contribution in [0.5, 0.6) is 0 Å². The summed E-state index contributed by atoms with van der Waals surface area (Å²) in [6.45, 7) is 4.86. The van der Waals surface area contributed by atoms with Gasteiger partial charge in [0.15, 0.2) is 0 Å². The van der Waals surface area contributed by atoms with Crippen LogP contribution in [0.2, 0.25) is 0 Å². The third kappa shape index (κ3) is 1.23. The van der Waals surface area contributed by atoms with E-state index in [-0.39, 0.29) is 5.60 Å². The maximum Gasteiger partial charge on any atom is 0.110 e. The van der Waals surface area contributed by atoms with Crippen molar-refractivity contribution in [2.75, 3.05) is 6.61 Å². The molecule has 0 amide bonds. The van der Waals surface area contributed by atoms with Crippen LogP contribution < -0.4 is 0 Å². The van der Waals surface area contributed by atoms with Crippen LogP contribution in [0.15, 0.2) is 24.4 Å². The highest BCUT2D eigenvalue weighted by Crippen LogP contribution is 2.33. The van der Waals surface area contributed by atoms with E-state index in [1.165, 1.54) is 0 Å². The van der Waals surface area contributed by atoms with E-state index in [2.05, 4.69) is 11.9 Å². The second-order valence-corrected chi connectivity index (χ2v) is 3.16. The number of ether oxygens (including phenoxy) is 1. The monoisotopic (exact) mass is 162 g/mol. The number of rotatable bonds is 1. The Morgan fingerprint density at radius 2 is 2.42 bits per heavy atom. The summed E-state index contributed by atoms with van der Waals surface area (Å²) in [5, 5.41) is 0. The maximum absolute atomic E-state index is 5.55.